The number of halogens is 4. The first-order valence-electron chi connectivity index (χ1n) is 5.69. The lowest BCUT2D eigenvalue weighted by molar-refractivity contribution is -0.137. The molecule has 2 aromatic rings. The zero-order valence-electron chi connectivity index (χ0n) is 10.5. The molecule has 0 saturated heterocycles. The largest absolute Gasteiger partial charge is 0.418 e. The summed E-state index contributed by atoms with van der Waals surface area (Å²) in [6, 6.07) is 7.32. The summed E-state index contributed by atoms with van der Waals surface area (Å²) in [4.78, 5) is 2.42. The van der Waals surface area contributed by atoms with Crippen LogP contribution in [0, 0.1) is 0 Å². The molecule has 1 aromatic heterocycles. The van der Waals surface area contributed by atoms with Crippen molar-refractivity contribution in [2.24, 2.45) is 0 Å². The summed E-state index contributed by atoms with van der Waals surface area (Å²) in [5.74, 6) is 0. The first kappa shape index (κ1) is 15.0. The van der Waals surface area contributed by atoms with Crippen LogP contribution in [0.5, 0.6) is 0 Å². The Kier molecular flexibility index (Phi) is 4.15. The SMILES string of the molecule is CN(Cc1ccc(Cl)s1)c1ccc(N)cc1C(F)(F)F. The molecule has 0 spiro atoms. The van der Waals surface area contributed by atoms with Crippen LogP contribution in [0.2, 0.25) is 4.34 Å². The monoisotopic (exact) mass is 320 g/mol. The fraction of sp³-hybridized carbons (Fsp3) is 0.231. The number of hydrogen-bond donors (Lipinski definition) is 1. The lowest BCUT2D eigenvalue weighted by atomic mass is 10.1. The molecule has 0 atom stereocenters. The molecule has 2 nitrogen and oxygen atoms in total. The first-order chi connectivity index (χ1) is 9.27. The van der Waals surface area contributed by atoms with Crippen molar-refractivity contribution in [1.29, 1.82) is 0 Å². The van der Waals surface area contributed by atoms with Crippen molar-refractivity contribution in [1.82, 2.24) is 0 Å². The van der Waals surface area contributed by atoms with Gasteiger partial charge in [0.15, 0.2) is 0 Å². The predicted molar refractivity (Wildman–Crippen MR) is 77.3 cm³/mol. The topological polar surface area (TPSA) is 29.3 Å². The summed E-state index contributed by atoms with van der Waals surface area (Å²) >= 11 is 7.16. The molecule has 0 aliphatic heterocycles. The number of nitrogens with zero attached hydrogens (tertiary/aromatic N) is 1. The van der Waals surface area contributed by atoms with E-state index in [0.717, 1.165) is 10.9 Å². The molecule has 108 valence electrons. The van der Waals surface area contributed by atoms with Crippen molar-refractivity contribution in [3.8, 4) is 0 Å². The smallest absolute Gasteiger partial charge is 0.399 e. The van der Waals surface area contributed by atoms with Crippen LogP contribution in [0.15, 0.2) is 30.3 Å². The lowest BCUT2D eigenvalue weighted by Crippen LogP contribution is -2.20. The summed E-state index contributed by atoms with van der Waals surface area (Å²) in [7, 11) is 1.61. The van der Waals surface area contributed by atoms with Crippen LogP contribution in [0.25, 0.3) is 0 Å². The van der Waals surface area contributed by atoms with E-state index < -0.39 is 11.7 Å². The fourth-order valence-electron chi connectivity index (χ4n) is 1.87. The molecule has 1 aromatic carbocycles. The average Bonchev–Trinajstić information content (AvgIpc) is 2.73. The third kappa shape index (κ3) is 3.37. The molecule has 0 aliphatic rings. The Labute approximate surface area is 123 Å². The summed E-state index contributed by atoms with van der Waals surface area (Å²) in [6.45, 7) is 0.352. The van der Waals surface area contributed by atoms with Crippen LogP contribution in [0.1, 0.15) is 10.4 Å². The molecule has 2 N–H and O–H groups in total. The van der Waals surface area contributed by atoms with Gasteiger partial charge in [-0.05, 0) is 30.3 Å². The molecule has 2 rings (SSSR count). The molecule has 0 saturated carbocycles. The number of alkyl halides is 3. The van der Waals surface area contributed by atoms with E-state index in [-0.39, 0.29) is 11.4 Å². The van der Waals surface area contributed by atoms with Crippen LogP contribution in [0.4, 0.5) is 24.5 Å². The van der Waals surface area contributed by atoms with Gasteiger partial charge in [-0.15, -0.1) is 11.3 Å². The van der Waals surface area contributed by atoms with Crippen LogP contribution in [-0.4, -0.2) is 7.05 Å². The highest BCUT2D eigenvalue weighted by molar-refractivity contribution is 7.16. The number of thiophene rings is 1. The molecular formula is C13H12ClF3N2S. The molecule has 0 radical (unpaired) electrons. The van der Waals surface area contributed by atoms with E-state index in [1.807, 2.05) is 0 Å². The van der Waals surface area contributed by atoms with Gasteiger partial charge >= 0.3 is 6.18 Å². The van der Waals surface area contributed by atoms with E-state index in [1.165, 1.54) is 28.4 Å². The third-order valence-corrected chi connectivity index (χ3v) is 3.98. The van der Waals surface area contributed by atoms with E-state index in [4.69, 9.17) is 17.3 Å². The molecular weight excluding hydrogens is 309 g/mol. The Morgan fingerprint density at radius 3 is 2.50 bits per heavy atom. The first-order valence-corrected chi connectivity index (χ1v) is 6.89. The highest BCUT2D eigenvalue weighted by Crippen LogP contribution is 2.38. The van der Waals surface area contributed by atoms with Gasteiger partial charge in [0.25, 0.3) is 0 Å². The Morgan fingerprint density at radius 1 is 1.25 bits per heavy atom. The second-order valence-corrected chi connectivity index (χ2v) is 6.14. The van der Waals surface area contributed by atoms with Gasteiger partial charge in [-0.3, -0.25) is 0 Å². The van der Waals surface area contributed by atoms with Crippen LogP contribution < -0.4 is 10.6 Å². The molecule has 0 fully saturated rings. The fourth-order valence-corrected chi connectivity index (χ4v) is 3.01. The van der Waals surface area contributed by atoms with Gasteiger partial charge in [0.05, 0.1) is 16.4 Å². The molecule has 0 aliphatic carbocycles. The summed E-state index contributed by atoms with van der Waals surface area (Å²) in [6.07, 6.45) is -4.44. The van der Waals surface area contributed by atoms with Gasteiger partial charge in [-0.2, -0.15) is 13.2 Å². The maximum Gasteiger partial charge on any atom is 0.418 e. The van der Waals surface area contributed by atoms with Gasteiger partial charge < -0.3 is 10.6 Å². The van der Waals surface area contributed by atoms with Gasteiger partial charge in [0.1, 0.15) is 0 Å². The Balaban J connectivity index is 2.32. The number of nitrogen functional groups attached to an aromatic ring is 1. The van der Waals surface area contributed by atoms with E-state index in [0.29, 0.717) is 10.9 Å². The van der Waals surface area contributed by atoms with E-state index in [1.54, 1.807) is 19.2 Å². The summed E-state index contributed by atoms with van der Waals surface area (Å²) in [5.41, 5.74) is 4.90. The highest BCUT2D eigenvalue weighted by Gasteiger charge is 2.34. The maximum atomic E-state index is 13.0. The number of benzene rings is 1. The minimum absolute atomic E-state index is 0.0913. The predicted octanol–water partition coefficient (Wildman–Crippen LogP) is 4.64. The van der Waals surface area contributed by atoms with Crippen molar-refractivity contribution in [3.05, 3.63) is 45.1 Å². The number of hydrogen-bond acceptors (Lipinski definition) is 3. The zero-order chi connectivity index (χ0) is 14.9. The molecule has 0 bridgehead atoms. The van der Waals surface area contributed by atoms with Gasteiger partial charge in [-0.25, -0.2) is 0 Å². The van der Waals surface area contributed by atoms with Crippen molar-refractivity contribution in [3.63, 3.8) is 0 Å². The second kappa shape index (κ2) is 5.54. The normalized spacial score (nSPS) is 11.7. The van der Waals surface area contributed by atoms with E-state index in [9.17, 15) is 13.2 Å². The van der Waals surface area contributed by atoms with Crippen LogP contribution in [0.3, 0.4) is 0 Å². The van der Waals surface area contributed by atoms with Gasteiger partial charge in [0, 0.05) is 23.3 Å². The van der Waals surface area contributed by atoms with Crippen molar-refractivity contribution < 1.29 is 13.2 Å². The Morgan fingerprint density at radius 2 is 1.95 bits per heavy atom. The highest BCUT2D eigenvalue weighted by atomic mass is 35.5. The minimum atomic E-state index is -4.44. The number of anilines is 2. The Bertz CT molecular complexity index is 610. The Hall–Kier alpha value is -1.40. The standard InChI is InChI=1S/C13H12ClF3N2S/c1-19(7-9-3-5-12(14)20-9)11-4-2-8(18)6-10(11)13(15,16)17/h2-6H,7,18H2,1H3. The maximum absolute atomic E-state index is 13.0. The number of nitrogens with two attached hydrogens (primary N) is 1. The summed E-state index contributed by atoms with van der Waals surface area (Å²) in [5, 5.41) is 0. The third-order valence-electron chi connectivity index (χ3n) is 2.76. The quantitative estimate of drug-likeness (QED) is 0.835. The summed E-state index contributed by atoms with van der Waals surface area (Å²) < 4.78 is 39.7. The molecule has 0 amide bonds. The van der Waals surface area contributed by atoms with Crippen molar-refractivity contribution in [2.45, 2.75) is 12.7 Å². The van der Waals surface area contributed by atoms with Crippen LogP contribution in [-0.2, 0) is 12.7 Å². The number of rotatable bonds is 3. The van der Waals surface area contributed by atoms with Gasteiger partial charge in [-0.1, -0.05) is 11.6 Å². The molecule has 20 heavy (non-hydrogen) atoms. The lowest BCUT2D eigenvalue weighted by Gasteiger charge is -2.23. The van der Waals surface area contributed by atoms with Crippen LogP contribution >= 0.6 is 22.9 Å². The van der Waals surface area contributed by atoms with Gasteiger partial charge in [0.2, 0.25) is 0 Å². The second-order valence-electron chi connectivity index (χ2n) is 4.34. The molecule has 7 heteroatoms. The molecule has 1 heterocycles. The minimum Gasteiger partial charge on any atom is -0.399 e. The molecule has 0 unspecified atom stereocenters. The van der Waals surface area contributed by atoms with E-state index >= 15 is 0 Å². The van der Waals surface area contributed by atoms with Crippen molar-refractivity contribution in [2.75, 3.05) is 17.7 Å². The van der Waals surface area contributed by atoms with Crippen molar-refractivity contribution >= 4 is 34.3 Å². The zero-order valence-corrected chi connectivity index (χ0v) is 12.1. The van der Waals surface area contributed by atoms with E-state index in [2.05, 4.69) is 0 Å². The average molecular weight is 321 g/mol.